The van der Waals surface area contributed by atoms with E-state index < -0.39 is 5.67 Å². The monoisotopic (exact) mass is 734 g/mol. The molecule has 3 aliphatic heterocycles. The maximum atomic E-state index is 15.7. The Morgan fingerprint density at radius 1 is 0.944 bits per heavy atom. The highest BCUT2D eigenvalue weighted by Gasteiger charge is 2.46. The van der Waals surface area contributed by atoms with E-state index in [1.54, 1.807) is 17.7 Å². The van der Waals surface area contributed by atoms with E-state index in [1.807, 2.05) is 42.6 Å². The molecule has 1 aromatic carbocycles. The SMILES string of the molecule is CC(=O)c1c(C)c2cnc(Nc3ccc(N4CCC(N5CC(F)(CCc6ccc(C7CCC(=O)NC7=O)cc6)C5)CC4)cn3)nc2n(C2CCCC2)c1=O. The summed E-state index contributed by atoms with van der Waals surface area (Å²) in [7, 11) is 0. The molecule has 1 aliphatic carbocycles. The number of ketones is 1. The summed E-state index contributed by atoms with van der Waals surface area (Å²) in [5, 5.41) is 6.32. The molecule has 3 saturated heterocycles. The number of hydrogen-bond acceptors (Lipinski definition) is 10. The molecule has 4 aromatic rings. The molecule has 0 spiro atoms. The van der Waals surface area contributed by atoms with Crippen LogP contribution in [0.15, 0.2) is 53.6 Å². The Morgan fingerprint density at radius 3 is 2.35 bits per heavy atom. The van der Waals surface area contributed by atoms with Gasteiger partial charge in [-0.05, 0) is 87.6 Å². The third-order valence-corrected chi connectivity index (χ3v) is 12.0. The van der Waals surface area contributed by atoms with Gasteiger partial charge in [-0.25, -0.2) is 14.4 Å². The standard InChI is InChI=1S/C41H47FN8O4/c1-25-33-22-44-40(47-37(33)50(30-5-3-4-6-30)39(54)36(25)26(2)51)45-34-13-11-31(21-43-34)48-19-16-29(17-20-48)49-23-41(42,24-49)18-15-27-7-9-28(10-8-27)32-12-14-35(52)46-38(32)53/h7-11,13,21-22,29-30,32H,3-6,12,14-20,23-24H2,1-2H3,(H,46,52,53)(H,43,44,45,47). The van der Waals surface area contributed by atoms with Crippen molar-refractivity contribution in [1.29, 1.82) is 0 Å². The third-order valence-electron chi connectivity index (χ3n) is 12.0. The molecule has 13 heteroatoms. The van der Waals surface area contributed by atoms with Crippen molar-refractivity contribution < 1.29 is 18.8 Å². The second kappa shape index (κ2) is 14.7. The van der Waals surface area contributed by atoms with Gasteiger partial charge in [-0.1, -0.05) is 37.1 Å². The van der Waals surface area contributed by atoms with Crippen LogP contribution in [0.2, 0.25) is 0 Å². The first-order valence-corrected chi connectivity index (χ1v) is 19.3. The van der Waals surface area contributed by atoms with Gasteiger partial charge in [0.25, 0.3) is 5.56 Å². The molecule has 12 nitrogen and oxygen atoms in total. The van der Waals surface area contributed by atoms with E-state index in [4.69, 9.17) is 4.98 Å². The highest BCUT2D eigenvalue weighted by Crippen LogP contribution is 2.36. The second-order valence-electron chi connectivity index (χ2n) is 15.6. The van der Waals surface area contributed by atoms with Crippen molar-refractivity contribution in [3.63, 3.8) is 0 Å². The van der Waals surface area contributed by atoms with Crippen LogP contribution in [0.1, 0.15) is 104 Å². The number of nitrogens with zero attached hydrogens (tertiary/aromatic N) is 6. The summed E-state index contributed by atoms with van der Waals surface area (Å²) in [6, 6.07) is 12.1. The van der Waals surface area contributed by atoms with Crippen molar-refractivity contribution in [1.82, 2.24) is 29.7 Å². The lowest BCUT2D eigenvalue weighted by atomic mass is 9.85. The maximum absolute atomic E-state index is 15.7. The predicted octanol–water partition coefficient (Wildman–Crippen LogP) is 5.70. The smallest absolute Gasteiger partial charge is 0.263 e. The summed E-state index contributed by atoms with van der Waals surface area (Å²) >= 11 is 0. The van der Waals surface area contributed by atoms with Crippen molar-refractivity contribution in [2.75, 3.05) is 36.4 Å². The first kappa shape index (κ1) is 36.0. The molecule has 4 aliphatic rings. The van der Waals surface area contributed by atoms with Crippen LogP contribution in [0.3, 0.4) is 0 Å². The Morgan fingerprint density at radius 2 is 1.69 bits per heavy atom. The number of imide groups is 1. The van der Waals surface area contributed by atoms with Gasteiger partial charge < -0.3 is 10.2 Å². The van der Waals surface area contributed by atoms with Gasteiger partial charge in [0.15, 0.2) is 5.78 Å². The van der Waals surface area contributed by atoms with Gasteiger partial charge in [0, 0.05) is 56.3 Å². The molecule has 6 heterocycles. The van der Waals surface area contributed by atoms with Crippen LogP contribution < -0.4 is 21.1 Å². The van der Waals surface area contributed by atoms with Crippen LogP contribution in [-0.4, -0.2) is 79.9 Å². The minimum Gasteiger partial charge on any atom is -0.370 e. The number of pyridine rings is 2. The third kappa shape index (κ3) is 7.13. The summed E-state index contributed by atoms with van der Waals surface area (Å²) in [5.74, 6) is -0.0844. The molecular weight excluding hydrogens is 688 g/mol. The zero-order valence-electron chi connectivity index (χ0n) is 30.9. The number of amides is 2. The summed E-state index contributed by atoms with van der Waals surface area (Å²) in [6.45, 7) is 5.86. The number of halogens is 1. The average Bonchev–Trinajstić information content (AvgIpc) is 3.68. The molecule has 54 heavy (non-hydrogen) atoms. The van der Waals surface area contributed by atoms with Crippen LogP contribution in [0.4, 0.5) is 21.8 Å². The number of nitrogens with one attached hydrogen (secondary N) is 2. The molecule has 2 N–H and O–H groups in total. The molecule has 1 unspecified atom stereocenters. The second-order valence-corrected chi connectivity index (χ2v) is 15.6. The molecule has 8 rings (SSSR count). The molecule has 0 bridgehead atoms. The van der Waals surface area contributed by atoms with Crippen molar-refractivity contribution in [2.45, 2.75) is 102 Å². The lowest BCUT2D eigenvalue weighted by Crippen LogP contribution is -2.63. The molecule has 3 aromatic heterocycles. The number of likely N-dealkylation sites (tertiary alicyclic amines) is 1. The minimum absolute atomic E-state index is 0.00794. The number of rotatable bonds is 10. The van der Waals surface area contributed by atoms with Crippen molar-refractivity contribution in [3.05, 3.63) is 81.4 Å². The fraction of sp³-hybridized carbons (Fsp3) is 0.488. The topological polar surface area (TPSA) is 142 Å². The van der Waals surface area contributed by atoms with Crippen molar-refractivity contribution in [2.24, 2.45) is 0 Å². The maximum Gasteiger partial charge on any atom is 0.263 e. The summed E-state index contributed by atoms with van der Waals surface area (Å²) in [6.07, 6.45) is 11.3. The van der Waals surface area contributed by atoms with Gasteiger partial charge in [-0.3, -0.25) is 34.0 Å². The number of alkyl halides is 1. The van der Waals surface area contributed by atoms with Gasteiger partial charge in [0.05, 0.1) is 23.4 Å². The lowest BCUT2D eigenvalue weighted by molar-refractivity contribution is -0.134. The number of anilines is 3. The van der Waals surface area contributed by atoms with Gasteiger partial charge in [-0.15, -0.1) is 0 Å². The Labute approximate surface area is 313 Å². The van der Waals surface area contributed by atoms with Gasteiger partial charge in [0.2, 0.25) is 17.8 Å². The van der Waals surface area contributed by atoms with Crippen molar-refractivity contribution >= 4 is 46.1 Å². The quantitative estimate of drug-likeness (QED) is 0.154. The predicted molar refractivity (Wildman–Crippen MR) is 204 cm³/mol. The number of Topliss-reactive ketones (excluding diaryl/α,β-unsaturated/α-hetero) is 1. The number of aromatic nitrogens is 4. The summed E-state index contributed by atoms with van der Waals surface area (Å²) < 4.78 is 17.4. The zero-order valence-corrected chi connectivity index (χ0v) is 30.9. The van der Waals surface area contributed by atoms with Crippen molar-refractivity contribution in [3.8, 4) is 0 Å². The van der Waals surface area contributed by atoms with E-state index >= 15 is 4.39 Å². The number of piperidine rings is 2. The Kier molecular flexibility index (Phi) is 9.76. The highest BCUT2D eigenvalue weighted by atomic mass is 19.1. The molecule has 1 atom stereocenters. The number of aryl methyl sites for hydroxylation is 2. The Hall–Kier alpha value is -5.04. The molecule has 0 radical (unpaired) electrons. The van der Waals surface area contributed by atoms with E-state index in [-0.39, 0.29) is 40.7 Å². The number of benzene rings is 1. The summed E-state index contributed by atoms with van der Waals surface area (Å²) in [5.41, 5.74) is 2.87. The van der Waals surface area contributed by atoms with Crippen LogP contribution in [0.5, 0.6) is 0 Å². The largest absolute Gasteiger partial charge is 0.370 e. The first-order chi connectivity index (χ1) is 26.0. The molecular formula is C41H47FN8O4. The first-order valence-electron chi connectivity index (χ1n) is 19.3. The fourth-order valence-electron chi connectivity index (χ4n) is 8.95. The fourth-order valence-corrected chi connectivity index (χ4v) is 8.95. The van der Waals surface area contributed by atoms with E-state index in [0.29, 0.717) is 73.2 Å². The lowest BCUT2D eigenvalue weighted by Gasteiger charge is -2.50. The van der Waals surface area contributed by atoms with Crippen LogP contribution in [0, 0.1) is 6.92 Å². The summed E-state index contributed by atoms with van der Waals surface area (Å²) in [4.78, 5) is 68.2. The highest BCUT2D eigenvalue weighted by molar-refractivity contribution is 6.01. The number of fused-ring (bicyclic) bond motifs is 1. The number of carbonyl (C=O) groups is 3. The Balaban J connectivity index is 0.833. The van der Waals surface area contributed by atoms with Gasteiger partial charge in [-0.2, -0.15) is 4.98 Å². The average molecular weight is 735 g/mol. The number of carbonyl (C=O) groups excluding carboxylic acids is 3. The molecule has 282 valence electrons. The van der Waals surface area contributed by atoms with E-state index in [9.17, 15) is 19.2 Å². The Bertz CT molecular complexity index is 2130. The number of hydrogen-bond donors (Lipinski definition) is 2. The van der Waals surface area contributed by atoms with Crippen LogP contribution >= 0.6 is 0 Å². The van der Waals surface area contributed by atoms with E-state index in [2.05, 4.69) is 30.4 Å². The van der Waals surface area contributed by atoms with E-state index in [1.165, 1.54) is 6.92 Å². The molecule has 1 saturated carbocycles. The molecule has 4 fully saturated rings. The van der Waals surface area contributed by atoms with Gasteiger partial charge >= 0.3 is 0 Å². The minimum atomic E-state index is -1.19. The van der Waals surface area contributed by atoms with Crippen LogP contribution in [-0.2, 0) is 16.0 Å². The van der Waals surface area contributed by atoms with Gasteiger partial charge in [0.1, 0.15) is 17.1 Å². The van der Waals surface area contributed by atoms with E-state index in [0.717, 1.165) is 68.4 Å². The normalized spacial score (nSPS) is 20.9. The van der Waals surface area contributed by atoms with Crippen LogP contribution in [0.25, 0.3) is 11.0 Å². The molecule has 2 amide bonds. The zero-order chi connectivity index (χ0) is 37.6.